The average molecular weight is 816 g/mol. The van der Waals surface area contributed by atoms with E-state index >= 15 is 0 Å². The molecule has 0 atom stereocenters. The van der Waals surface area contributed by atoms with Crippen LogP contribution in [-0.4, -0.2) is 14.5 Å². The van der Waals surface area contributed by atoms with Crippen LogP contribution >= 0.6 is 0 Å². The van der Waals surface area contributed by atoms with Crippen LogP contribution in [0.4, 0.5) is 0 Å². The van der Waals surface area contributed by atoms with Gasteiger partial charge in [0.05, 0.1) is 16.9 Å². The zero-order valence-corrected chi connectivity index (χ0v) is 28.4. The number of pyridine rings is 1. The second-order valence-electron chi connectivity index (χ2n) is 11.4. The molecule has 0 amide bonds. The minimum absolute atomic E-state index is 0. The number of furan rings is 1. The van der Waals surface area contributed by atoms with Gasteiger partial charge in [0, 0.05) is 52.1 Å². The number of fused-ring (bicyclic) bond motifs is 3. The molecule has 0 aliphatic rings. The van der Waals surface area contributed by atoms with Crippen molar-refractivity contribution < 1.29 is 32.7 Å². The van der Waals surface area contributed by atoms with Gasteiger partial charge in [-0.2, -0.15) is 0 Å². The molecule has 0 saturated carbocycles. The van der Waals surface area contributed by atoms with Gasteiger partial charge in [-0.25, -0.2) is 0 Å². The van der Waals surface area contributed by atoms with Crippen molar-refractivity contribution in [3.63, 3.8) is 0 Å². The minimum Gasteiger partial charge on any atom is -0.557 e. The molecule has 9 aromatic rings. The number of imidazole rings is 1. The van der Waals surface area contributed by atoms with Crippen LogP contribution in [0.1, 0.15) is 19.4 Å². The second-order valence-corrected chi connectivity index (χ2v) is 11.4. The molecule has 6 aromatic carbocycles. The first-order valence-corrected chi connectivity index (χ1v) is 15.5. The van der Waals surface area contributed by atoms with Crippen molar-refractivity contribution in [2.75, 3.05) is 0 Å². The van der Waals surface area contributed by atoms with Gasteiger partial charge in [-0.05, 0) is 64.3 Å². The smallest absolute Gasteiger partial charge is 0.0774 e. The predicted molar refractivity (Wildman–Crippen MR) is 196 cm³/mol. The molecule has 49 heavy (non-hydrogen) atoms. The van der Waals surface area contributed by atoms with Gasteiger partial charge in [0.1, 0.15) is 0 Å². The third-order valence-corrected chi connectivity index (χ3v) is 8.25. The first-order valence-electron chi connectivity index (χ1n) is 18.5. The van der Waals surface area contributed by atoms with Crippen LogP contribution in [0.15, 0.2) is 156 Å². The van der Waals surface area contributed by atoms with Gasteiger partial charge in [-0.15, -0.1) is 35.4 Å². The van der Waals surface area contributed by atoms with Gasteiger partial charge >= 0.3 is 0 Å². The van der Waals surface area contributed by atoms with Gasteiger partial charge in [-0.3, -0.25) is 4.98 Å². The van der Waals surface area contributed by atoms with E-state index in [1.807, 2.05) is 30.3 Å². The Kier molecular flexibility index (Phi) is 7.19. The predicted octanol–water partition coefficient (Wildman–Crippen LogP) is 11.2. The third kappa shape index (κ3) is 6.47. The zero-order valence-electron chi connectivity index (χ0n) is 32.0. The summed E-state index contributed by atoms with van der Waals surface area (Å²) in [5.41, 5.74) is 8.64. The molecule has 0 aliphatic carbocycles. The molecular formula is C44H31IrN3O-2. The third-order valence-electron chi connectivity index (χ3n) is 8.25. The summed E-state index contributed by atoms with van der Waals surface area (Å²) in [5.74, 6) is 0.822. The SMILES string of the molecule is [2H]C([2H])([2H])c1c[c-]c(-c2ccc(C([2H])([2H])[2H])cn2)cc1.[Ir].[c-]1oc2cc3ccccc3cc2c1-c1nc2ccccc2n1-c1ccc(-c2ccccc2)cc1. The molecule has 0 saturated heterocycles. The normalized spacial score (nSPS) is 13.2. The Morgan fingerprint density at radius 3 is 2.14 bits per heavy atom. The Balaban J connectivity index is 0.000000191. The van der Waals surface area contributed by atoms with Gasteiger partial charge < -0.3 is 14.0 Å². The van der Waals surface area contributed by atoms with E-state index in [0.29, 0.717) is 11.3 Å². The fraction of sp³-hybridized carbons (Fsp3) is 0.0455. The number of aryl methyl sites for hydroxylation is 2. The molecule has 0 spiro atoms. The van der Waals surface area contributed by atoms with Crippen LogP contribution in [0.25, 0.3) is 72.2 Å². The van der Waals surface area contributed by atoms with Gasteiger partial charge in [0.2, 0.25) is 0 Å². The zero-order chi connectivity index (χ0) is 37.5. The Morgan fingerprint density at radius 2 is 1.41 bits per heavy atom. The van der Waals surface area contributed by atoms with Crippen molar-refractivity contribution in [2.24, 2.45) is 0 Å². The van der Waals surface area contributed by atoms with Crippen molar-refractivity contribution in [3.8, 4) is 39.5 Å². The molecule has 0 fully saturated rings. The molecule has 3 aromatic heterocycles. The minimum atomic E-state index is -2.18. The van der Waals surface area contributed by atoms with Crippen molar-refractivity contribution in [2.45, 2.75) is 13.7 Å². The summed E-state index contributed by atoms with van der Waals surface area (Å²) < 4.78 is 51.7. The van der Waals surface area contributed by atoms with Crippen LogP contribution < -0.4 is 0 Å². The number of hydrogen-bond acceptors (Lipinski definition) is 3. The molecule has 0 unspecified atom stereocenters. The van der Waals surface area contributed by atoms with E-state index in [1.54, 1.807) is 12.1 Å². The molecule has 4 nitrogen and oxygen atoms in total. The Hall–Kier alpha value is -5.61. The first-order chi connectivity index (χ1) is 26.0. The molecule has 9 rings (SSSR count). The maximum absolute atomic E-state index is 7.28. The van der Waals surface area contributed by atoms with E-state index in [1.165, 1.54) is 40.9 Å². The van der Waals surface area contributed by atoms with E-state index in [2.05, 4.69) is 107 Å². The summed E-state index contributed by atoms with van der Waals surface area (Å²) in [6, 6.07) is 50.3. The van der Waals surface area contributed by atoms with Crippen molar-refractivity contribution in [3.05, 3.63) is 175 Å². The van der Waals surface area contributed by atoms with E-state index < -0.39 is 13.7 Å². The van der Waals surface area contributed by atoms with Crippen molar-refractivity contribution in [1.29, 1.82) is 0 Å². The fourth-order valence-corrected chi connectivity index (χ4v) is 5.85. The first kappa shape index (κ1) is 25.4. The van der Waals surface area contributed by atoms with E-state index in [4.69, 9.17) is 17.6 Å². The second kappa shape index (κ2) is 13.9. The summed E-state index contributed by atoms with van der Waals surface area (Å²) in [6.45, 7) is -4.34. The topological polar surface area (TPSA) is 43.9 Å². The largest absolute Gasteiger partial charge is 0.557 e. The summed E-state index contributed by atoms with van der Waals surface area (Å²) in [6.07, 6.45) is 4.45. The number of rotatable bonds is 4. The van der Waals surface area contributed by atoms with E-state index in [0.717, 1.165) is 44.5 Å². The maximum Gasteiger partial charge on any atom is 0.0774 e. The summed E-state index contributed by atoms with van der Waals surface area (Å²) in [5, 5.41) is 3.33. The maximum atomic E-state index is 7.28. The van der Waals surface area contributed by atoms with E-state index in [-0.39, 0.29) is 31.2 Å². The molecular weight excluding hydrogens is 779 g/mol. The molecule has 1 radical (unpaired) electrons. The number of aromatic nitrogens is 3. The Labute approximate surface area is 307 Å². The number of hydrogen-bond donors (Lipinski definition) is 0. The van der Waals surface area contributed by atoms with Gasteiger partial charge in [0.25, 0.3) is 0 Å². The van der Waals surface area contributed by atoms with Crippen LogP contribution in [0.3, 0.4) is 0 Å². The summed E-state index contributed by atoms with van der Waals surface area (Å²) in [4.78, 5) is 9.09. The Morgan fingerprint density at radius 1 is 0.694 bits per heavy atom. The average Bonchev–Trinajstić information content (AvgIpc) is 3.78. The Bertz CT molecular complexity index is 2670. The standard InChI is InChI=1S/C31H19N2O.C13H12N.Ir/c1-2-8-21(9-3-1)22-14-16-25(17-15-22)33-29-13-7-6-12-28(29)32-31(33)27-20-34-30-19-24-11-5-4-10-23(24)18-26(27)30;1-10-3-6-12(7-4-10)13-8-5-11(2)9-14-13;/h1-19H;3-6,8-9H,1-2H3;/q2*-1;/i;1D3,2D3;. The molecule has 239 valence electrons. The summed E-state index contributed by atoms with van der Waals surface area (Å²) >= 11 is 0. The van der Waals surface area contributed by atoms with Gasteiger partial charge in [0.15, 0.2) is 0 Å². The van der Waals surface area contributed by atoms with Crippen LogP contribution in [0.5, 0.6) is 0 Å². The molecule has 0 N–H and O–H groups in total. The quantitative estimate of drug-likeness (QED) is 0.166. The number of benzene rings is 6. The van der Waals surface area contributed by atoms with E-state index in [9.17, 15) is 0 Å². The molecule has 0 aliphatic heterocycles. The van der Waals surface area contributed by atoms with Crippen molar-refractivity contribution >= 4 is 32.8 Å². The number of nitrogens with zero attached hydrogens (tertiary/aromatic N) is 3. The van der Waals surface area contributed by atoms with Crippen molar-refractivity contribution in [1.82, 2.24) is 14.5 Å². The van der Waals surface area contributed by atoms with Crippen LogP contribution in [-0.2, 0) is 20.1 Å². The summed E-state index contributed by atoms with van der Waals surface area (Å²) in [7, 11) is 0. The van der Waals surface area contributed by atoms with Gasteiger partial charge in [-0.1, -0.05) is 121 Å². The monoisotopic (exact) mass is 816 g/mol. The molecule has 0 bridgehead atoms. The molecule has 5 heteroatoms. The molecule has 3 heterocycles. The van der Waals surface area contributed by atoms with Crippen LogP contribution in [0, 0.1) is 26.0 Å². The van der Waals surface area contributed by atoms with Crippen LogP contribution in [0.2, 0.25) is 0 Å². The fourth-order valence-electron chi connectivity index (χ4n) is 5.85. The number of para-hydroxylation sites is 2.